The molecule has 9 heteroatoms. The lowest BCUT2D eigenvalue weighted by molar-refractivity contribution is 0.445. The van der Waals surface area contributed by atoms with E-state index in [0.29, 0.717) is 29.5 Å². The number of fused-ring (bicyclic) bond motifs is 1. The number of benzene rings is 2. The number of para-hydroxylation sites is 1. The first-order valence-electron chi connectivity index (χ1n) is 10.6. The van der Waals surface area contributed by atoms with Gasteiger partial charge in [0.15, 0.2) is 5.65 Å². The van der Waals surface area contributed by atoms with Gasteiger partial charge in [0.25, 0.3) is 0 Å². The molecule has 166 valence electrons. The second-order valence-corrected chi connectivity index (χ2v) is 9.31. The van der Waals surface area contributed by atoms with Gasteiger partial charge in [0, 0.05) is 19.1 Å². The van der Waals surface area contributed by atoms with Crippen LogP contribution in [0.2, 0.25) is 0 Å². The molecule has 0 unspecified atom stereocenters. The third-order valence-electron chi connectivity index (χ3n) is 5.44. The van der Waals surface area contributed by atoms with Gasteiger partial charge in [0.05, 0.1) is 22.2 Å². The van der Waals surface area contributed by atoms with Crippen molar-refractivity contribution in [2.75, 3.05) is 18.4 Å². The van der Waals surface area contributed by atoms with Crippen LogP contribution in [0.1, 0.15) is 32.4 Å². The van der Waals surface area contributed by atoms with Crippen molar-refractivity contribution >= 4 is 26.9 Å². The minimum absolute atomic E-state index is 0.0987. The maximum atomic E-state index is 12.7. The summed E-state index contributed by atoms with van der Waals surface area (Å²) in [5.74, 6) is 0.671. The van der Waals surface area contributed by atoms with E-state index in [1.807, 2.05) is 63.2 Å². The Morgan fingerprint density at radius 1 is 1.00 bits per heavy atom. The minimum atomic E-state index is -3.47. The predicted molar refractivity (Wildman–Crippen MR) is 125 cm³/mol. The zero-order chi connectivity index (χ0) is 22.7. The Kier molecular flexibility index (Phi) is 6.20. The number of nitrogens with zero attached hydrogens (tertiary/aromatic N) is 5. The van der Waals surface area contributed by atoms with Gasteiger partial charge in [-0.2, -0.15) is 9.40 Å². The third kappa shape index (κ3) is 4.09. The number of aromatic nitrogens is 4. The second-order valence-electron chi connectivity index (χ2n) is 7.38. The molecule has 4 rings (SSSR count). The van der Waals surface area contributed by atoms with E-state index in [4.69, 9.17) is 0 Å². The fraction of sp³-hybridized carbons (Fsp3) is 0.261. The standard InChI is InChI=1S/C23H26N6O2S/c1-4-28(5-2)32(30,31)20-13-11-18(12-14-20)17(3)27-22-21-15-26-29(23(21)25-16-24-22)19-9-7-6-8-10-19/h6-17H,4-5H2,1-3H3,(H,24,25,27)/t17-/m0/s1. The summed E-state index contributed by atoms with van der Waals surface area (Å²) in [6.07, 6.45) is 3.26. The van der Waals surface area contributed by atoms with Crippen LogP contribution in [0.3, 0.4) is 0 Å². The Labute approximate surface area is 188 Å². The first kappa shape index (κ1) is 21.9. The molecule has 0 radical (unpaired) electrons. The number of nitrogens with one attached hydrogen (secondary N) is 1. The summed E-state index contributed by atoms with van der Waals surface area (Å²) in [6.45, 7) is 6.56. The molecule has 0 aliphatic carbocycles. The van der Waals surface area contributed by atoms with Gasteiger partial charge in [-0.1, -0.05) is 44.2 Å². The summed E-state index contributed by atoms with van der Waals surface area (Å²) < 4.78 is 28.7. The summed E-state index contributed by atoms with van der Waals surface area (Å²) >= 11 is 0. The van der Waals surface area contributed by atoms with E-state index in [9.17, 15) is 8.42 Å². The quantitative estimate of drug-likeness (QED) is 0.436. The van der Waals surface area contributed by atoms with E-state index in [1.54, 1.807) is 23.0 Å². The molecular formula is C23H26N6O2S. The number of anilines is 1. The molecular weight excluding hydrogens is 424 g/mol. The molecule has 1 N–H and O–H groups in total. The van der Waals surface area contributed by atoms with Gasteiger partial charge < -0.3 is 5.32 Å². The van der Waals surface area contributed by atoms with Gasteiger partial charge in [-0.25, -0.2) is 23.1 Å². The second kappa shape index (κ2) is 9.05. The highest BCUT2D eigenvalue weighted by atomic mass is 32.2. The minimum Gasteiger partial charge on any atom is -0.363 e. The van der Waals surface area contributed by atoms with Crippen LogP contribution in [0.15, 0.2) is 72.0 Å². The van der Waals surface area contributed by atoms with Crippen molar-refractivity contribution in [1.82, 2.24) is 24.1 Å². The van der Waals surface area contributed by atoms with Gasteiger partial charge >= 0.3 is 0 Å². The zero-order valence-corrected chi connectivity index (χ0v) is 19.1. The molecule has 1 atom stereocenters. The van der Waals surface area contributed by atoms with Crippen LogP contribution in [-0.4, -0.2) is 45.6 Å². The third-order valence-corrected chi connectivity index (χ3v) is 7.51. The Balaban J connectivity index is 1.58. The lowest BCUT2D eigenvalue weighted by Gasteiger charge is -2.19. The average Bonchev–Trinajstić information content (AvgIpc) is 3.25. The molecule has 0 bridgehead atoms. The Morgan fingerprint density at radius 3 is 2.34 bits per heavy atom. The summed E-state index contributed by atoms with van der Waals surface area (Å²) in [7, 11) is -3.47. The number of hydrogen-bond donors (Lipinski definition) is 1. The molecule has 0 aliphatic heterocycles. The first-order chi connectivity index (χ1) is 15.5. The van der Waals surface area contributed by atoms with Gasteiger partial charge in [0.1, 0.15) is 12.1 Å². The highest BCUT2D eigenvalue weighted by Crippen LogP contribution is 2.26. The van der Waals surface area contributed by atoms with Crippen LogP contribution in [0, 0.1) is 0 Å². The molecule has 32 heavy (non-hydrogen) atoms. The van der Waals surface area contributed by atoms with Crippen molar-refractivity contribution < 1.29 is 8.42 Å². The van der Waals surface area contributed by atoms with Crippen molar-refractivity contribution in [3.63, 3.8) is 0 Å². The molecule has 0 amide bonds. The van der Waals surface area contributed by atoms with Crippen molar-refractivity contribution in [2.45, 2.75) is 31.7 Å². The molecule has 0 aliphatic rings. The van der Waals surface area contributed by atoms with E-state index < -0.39 is 10.0 Å². The lowest BCUT2D eigenvalue weighted by atomic mass is 10.1. The molecule has 0 saturated heterocycles. The Morgan fingerprint density at radius 2 is 1.69 bits per heavy atom. The van der Waals surface area contributed by atoms with Crippen LogP contribution < -0.4 is 5.32 Å². The molecule has 2 heterocycles. The lowest BCUT2D eigenvalue weighted by Crippen LogP contribution is -2.30. The maximum Gasteiger partial charge on any atom is 0.243 e. The van der Waals surface area contributed by atoms with Gasteiger partial charge in [-0.3, -0.25) is 0 Å². The van der Waals surface area contributed by atoms with E-state index in [-0.39, 0.29) is 6.04 Å². The number of hydrogen-bond acceptors (Lipinski definition) is 6. The van der Waals surface area contributed by atoms with Crippen LogP contribution in [0.4, 0.5) is 5.82 Å². The number of sulfonamides is 1. The van der Waals surface area contributed by atoms with Crippen LogP contribution >= 0.6 is 0 Å². The molecule has 8 nitrogen and oxygen atoms in total. The highest BCUT2D eigenvalue weighted by Gasteiger charge is 2.22. The average molecular weight is 451 g/mol. The highest BCUT2D eigenvalue weighted by molar-refractivity contribution is 7.89. The summed E-state index contributed by atoms with van der Waals surface area (Å²) in [5.41, 5.74) is 2.58. The van der Waals surface area contributed by atoms with Crippen LogP contribution in [-0.2, 0) is 10.0 Å². The summed E-state index contributed by atoms with van der Waals surface area (Å²) in [6, 6.07) is 16.7. The smallest absolute Gasteiger partial charge is 0.243 e. The van der Waals surface area contributed by atoms with E-state index in [2.05, 4.69) is 20.4 Å². The largest absolute Gasteiger partial charge is 0.363 e. The molecule has 2 aromatic carbocycles. The van der Waals surface area contributed by atoms with Crippen molar-refractivity contribution in [3.8, 4) is 5.69 Å². The number of rotatable bonds is 8. The normalized spacial score (nSPS) is 12.9. The molecule has 2 aromatic heterocycles. The zero-order valence-electron chi connectivity index (χ0n) is 18.3. The molecule has 0 fully saturated rings. The van der Waals surface area contributed by atoms with E-state index in [1.165, 1.54) is 10.6 Å². The Bertz CT molecular complexity index is 1300. The van der Waals surface area contributed by atoms with Crippen LogP contribution in [0.5, 0.6) is 0 Å². The van der Waals surface area contributed by atoms with E-state index in [0.717, 1.165) is 16.6 Å². The molecule has 0 spiro atoms. The molecule has 0 saturated carbocycles. The SMILES string of the molecule is CCN(CC)S(=O)(=O)c1ccc([C@H](C)Nc2ncnc3c2cnn3-c2ccccc2)cc1. The van der Waals surface area contributed by atoms with Gasteiger partial charge in [0.2, 0.25) is 10.0 Å². The first-order valence-corrected chi connectivity index (χ1v) is 12.0. The maximum absolute atomic E-state index is 12.7. The van der Waals surface area contributed by atoms with Crippen molar-refractivity contribution in [1.29, 1.82) is 0 Å². The van der Waals surface area contributed by atoms with Crippen molar-refractivity contribution in [2.24, 2.45) is 0 Å². The fourth-order valence-electron chi connectivity index (χ4n) is 3.65. The summed E-state index contributed by atoms with van der Waals surface area (Å²) in [5, 5.41) is 8.69. The summed E-state index contributed by atoms with van der Waals surface area (Å²) in [4.78, 5) is 9.11. The molecule has 4 aromatic rings. The van der Waals surface area contributed by atoms with Crippen LogP contribution in [0.25, 0.3) is 16.7 Å². The van der Waals surface area contributed by atoms with Gasteiger partial charge in [-0.15, -0.1) is 0 Å². The monoisotopic (exact) mass is 450 g/mol. The van der Waals surface area contributed by atoms with E-state index >= 15 is 0 Å². The Hall–Kier alpha value is -3.30. The van der Waals surface area contributed by atoms with Crippen molar-refractivity contribution in [3.05, 3.63) is 72.7 Å². The predicted octanol–water partition coefficient (Wildman–Crippen LogP) is 4.02. The fourth-order valence-corrected chi connectivity index (χ4v) is 5.10. The van der Waals surface area contributed by atoms with Gasteiger partial charge in [-0.05, 0) is 36.8 Å². The topological polar surface area (TPSA) is 93.0 Å².